The Morgan fingerprint density at radius 3 is 2.72 bits per heavy atom. The van der Waals surface area contributed by atoms with Crippen molar-refractivity contribution in [1.82, 2.24) is 9.78 Å². The first kappa shape index (κ1) is 13.3. The van der Waals surface area contributed by atoms with Crippen molar-refractivity contribution < 1.29 is 10.2 Å². The van der Waals surface area contributed by atoms with Gasteiger partial charge in [-0.2, -0.15) is 5.10 Å². The summed E-state index contributed by atoms with van der Waals surface area (Å²) >= 11 is 5.98. The van der Waals surface area contributed by atoms with Crippen LogP contribution >= 0.6 is 11.6 Å². The second kappa shape index (κ2) is 5.26. The molecule has 3 N–H and O–H groups in total. The first-order valence-corrected chi connectivity index (χ1v) is 6.25. The van der Waals surface area contributed by atoms with Gasteiger partial charge in [-0.15, -0.1) is 0 Å². The van der Waals surface area contributed by atoms with Crippen LogP contribution in [0, 0.1) is 0 Å². The summed E-state index contributed by atoms with van der Waals surface area (Å²) in [5.74, 6) is 0. The number of hydrogen-bond acceptors (Lipinski definition) is 5. The second-order valence-electron chi connectivity index (χ2n) is 4.54. The molecule has 0 atom stereocenters. The lowest BCUT2D eigenvalue weighted by Crippen LogP contribution is -2.48. The van der Waals surface area contributed by atoms with Crippen LogP contribution in [0.4, 0.5) is 5.69 Å². The molecule has 0 aromatic carbocycles. The third kappa shape index (κ3) is 2.36. The lowest BCUT2D eigenvalue weighted by molar-refractivity contribution is 0.144. The van der Waals surface area contributed by atoms with Gasteiger partial charge >= 0.3 is 0 Å². The van der Waals surface area contributed by atoms with Gasteiger partial charge in [0.25, 0.3) is 5.56 Å². The van der Waals surface area contributed by atoms with Crippen molar-refractivity contribution in [3.8, 4) is 0 Å². The van der Waals surface area contributed by atoms with Crippen LogP contribution in [0.1, 0.15) is 19.3 Å². The van der Waals surface area contributed by atoms with Crippen LogP contribution in [0.5, 0.6) is 0 Å². The third-order valence-electron chi connectivity index (χ3n) is 3.31. The largest absolute Gasteiger partial charge is 0.394 e. The summed E-state index contributed by atoms with van der Waals surface area (Å²) in [7, 11) is 0. The Balaban J connectivity index is 2.24. The Kier molecular flexibility index (Phi) is 3.89. The maximum atomic E-state index is 11.8. The third-order valence-corrected chi connectivity index (χ3v) is 3.68. The summed E-state index contributed by atoms with van der Waals surface area (Å²) in [4.78, 5) is 11.8. The average Bonchev–Trinajstić information content (AvgIpc) is 2.33. The number of aromatic nitrogens is 2. The number of hydrogen-bond donors (Lipinski definition) is 3. The number of aliphatic hydroxyl groups is 2. The zero-order valence-electron chi connectivity index (χ0n) is 9.90. The molecule has 1 heterocycles. The highest BCUT2D eigenvalue weighted by atomic mass is 35.5. The quantitative estimate of drug-likeness (QED) is 0.714. The van der Waals surface area contributed by atoms with E-state index in [1.165, 1.54) is 6.20 Å². The van der Waals surface area contributed by atoms with Crippen molar-refractivity contribution in [1.29, 1.82) is 0 Å². The number of anilines is 1. The number of nitrogens with zero attached hydrogens (tertiary/aromatic N) is 2. The van der Waals surface area contributed by atoms with Crippen molar-refractivity contribution in [2.75, 3.05) is 18.5 Å². The summed E-state index contributed by atoms with van der Waals surface area (Å²) in [6.45, 7) is -0.0520. The fourth-order valence-electron chi connectivity index (χ4n) is 2.02. The van der Waals surface area contributed by atoms with Gasteiger partial charge in [0.1, 0.15) is 5.02 Å². The molecule has 18 heavy (non-hydrogen) atoms. The molecule has 1 aromatic heterocycles. The van der Waals surface area contributed by atoms with Gasteiger partial charge in [0, 0.05) is 0 Å². The molecule has 1 aromatic rings. The molecule has 0 radical (unpaired) electrons. The molecule has 2 rings (SSSR count). The van der Waals surface area contributed by atoms with Crippen LogP contribution in [0.2, 0.25) is 5.02 Å². The zero-order chi connectivity index (χ0) is 13.2. The van der Waals surface area contributed by atoms with Crippen molar-refractivity contribution >= 4 is 17.3 Å². The molecule has 1 fully saturated rings. The molecular formula is C11H16ClN3O3. The summed E-state index contributed by atoms with van der Waals surface area (Å²) in [6.07, 6.45) is 4.19. The fraction of sp³-hybridized carbons (Fsp3) is 0.636. The van der Waals surface area contributed by atoms with E-state index < -0.39 is 5.56 Å². The molecule has 0 bridgehead atoms. The van der Waals surface area contributed by atoms with Crippen LogP contribution < -0.4 is 10.9 Å². The average molecular weight is 274 g/mol. The minimum atomic E-state index is -0.442. The van der Waals surface area contributed by atoms with Gasteiger partial charge in [0.05, 0.1) is 37.2 Å². The van der Waals surface area contributed by atoms with Crippen LogP contribution in [-0.2, 0) is 6.54 Å². The maximum absolute atomic E-state index is 11.8. The molecule has 7 heteroatoms. The summed E-state index contributed by atoms with van der Waals surface area (Å²) in [6, 6.07) is 0. The van der Waals surface area contributed by atoms with Gasteiger partial charge in [-0.25, -0.2) is 4.68 Å². The molecule has 0 amide bonds. The van der Waals surface area contributed by atoms with Crippen LogP contribution in [0.15, 0.2) is 11.0 Å². The molecule has 0 aliphatic heterocycles. The van der Waals surface area contributed by atoms with Crippen LogP contribution in [0.25, 0.3) is 0 Å². The highest BCUT2D eigenvalue weighted by Gasteiger charge is 2.36. The van der Waals surface area contributed by atoms with Gasteiger partial charge in [-0.3, -0.25) is 4.79 Å². The SMILES string of the molecule is O=c1c(Cl)c(NC2(CO)CCC2)cnn1CCO. The molecule has 1 aliphatic rings. The van der Waals surface area contributed by atoms with Crippen molar-refractivity contribution in [3.05, 3.63) is 21.6 Å². The first-order chi connectivity index (χ1) is 8.62. The summed E-state index contributed by atoms with van der Waals surface area (Å²) in [5, 5.41) is 25.2. The Morgan fingerprint density at radius 1 is 1.50 bits per heavy atom. The van der Waals surface area contributed by atoms with Crippen molar-refractivity contribution in [2.45, 2.75) is 31.3 Å². The van der Waals surface area contributed by atoms with Crippen LogP contribution in [0.3, 0.4) is 0 Å². The first-order valence-electron chi connectivity index (χ1n) is 5.87. The Labute approximate surface area is 109 Å². The molecule has 0 spiro atoms. The van der Waals surface area contributed by atoms with E-state index in [-0.39, 0.29) is 30.3 Å². The van der Waals surface area contributed by atoms with E-state index in [0.717, 1.165) is 23.9 Å². The van der Waals surface area contributed by atoms with E-state index in [4.69, 9.17) is 16.7 Å². The predicted molar refractivity (Wildman–Crippen MR) is 67.9 cm³/mol. The van der Waals surface area contributed by atoms with E-state index in [2.05, 4.69) is 10.4 Å². The molecule has 1 aliphatic carbocycles. The highest BCUT2D eigenvalue weighted by Crippen LogP contribution is 2.35. The molecule has 6 nitrogen and oxygen atoms in total. The monoisotopic (exact) mass is 273 g/mol. The minimum absolute atomic E-state index is 0.00303. The van der Waals surface area contributed by atoms with E-state index in [9.17, 15) is 9.90 Å². The second-order valence-corrected chi connectivity index (χ2v) is 4.92. The Bertz CT molecular complexity index is 479. The van der Waals surface area contributed by atoms with E-state index in [1.807, 2.05) is 0 Å². The van der Waals surface area contributed by atoms with Gasteiger partial charge in [0.15, 0.2) is 0 Å². The predicted octanol–water partition coefficient (Wildman–Crippen LogP) is 0.216. The molecular weight excluding hydrogens is 258 g/mol. The lowest BCUT2D eigenvalue weighted by atomic mass is 9.77. The molecule has 0 saturated heterocycles. The lowest BCUT2D eigenvalue weighted by Gasteiger charge is -2.41. The fourth-order valence-corrected chi connectivity index (χ4v) is 2.21. The van der Waals surface area contributed by atoms with Gasteiger partial charge < -0.3 is 15.5 Å². The smallest absolute Gasteiger partial charge is 0.287 e. The highest BCUT2D eigenvalue weighted by molar-refractivity contribution is 6.32. The minimum Gasteiger partial charge on any atom is -0.394 e. The normalized spacial score (nSPS) is 17.3. The van der Waals surface area contributed by atoms with Crippen molar-refractivity contribution in [3.63, 3.8) is 0 Å². The van der Waals surface area contributed by atoms with Gasteiger partial charge in [0.2, 0.25) is 0 Å². The van der Waals surface area contributed by atoms with Gasteiger partial charge in [-0.1, -0.05) is 11.6 Å². The van der Waals surface area contributed by atoms with Crippen LogP contribution in [-0.4, -0.2) is 38.7 Å². The van der Waals surface area contributed by atoms with Crippen molar-refractivity contribution in [2.24, 2.45) is 0 Å². The van der Waals surface area contributed by atoms with Gasteiger partial charge in [-0.05, 0) is 19.3 Å². The van der Waals surface area contributed by atoms with E-state index in [0.29, 0.717) is 5.69 Å². The molecule has 1 saturated carbocycles. The van der Waals surface area contributed by atoms with E-state index >= 15 is 0 Å². The Hall–Kier alpha value is -1.11. The zero-order valence-corrected chi connectivity index (χ0v) is 10.7. The number of nitrogens with one attached hydrogen (secondary N) is 1. The number of rotatable bonds is 5. The topological polar surface area (TPSA) is 87.4 Å². The maximum Gasteiger partial charge on any atom is 0.287 e. The summed E-state index contributed by atoms with van der Waals surface area (Å²) < 4.78 is 1.11. The molecule has 100 valence electrons. The number of aliphatic hydroxyl groups excluding tert-OH is 2. The summed E-state index contributed by atoms with van der Waals surface area (Å²) in [5.41, 5.74) is -0.381. The standard InChI is InChI=1S/C11H16ClN3O3/c12-9-8(14-11(7-17)2-1-3-11)6-13-15(4-5-16)10(9)18/h6,14,16-17H,1-5,7H2. The Morgan fingerprint density at radius 2 is 2.22 bits per heavy atom. The number of halogens is 1. The molecule has 0 unspecified atom stereocenters. The van der Waals surface area contributed by atoms with E-state index in [1.54, 1.807) is 0 Å².